The van der Waals surface area contributed by atoms with Crippen molar-refractivity contribution in [3.63, 3.8) is 0 Å². The Labute approximate surface area is 213 Å². The molecule has 4 saturated carbocycles. The van der Waals surface area contributed by atoms with Crippen LogP contribution in [0.5, 0.6) is 0 Å². The molecule has 8 atom stereocenters. The number of hydroxylamine groups is 1. The Balaban J connectivity index is 0.000000970. The summed E-state index contributed by atoms with van der Waals surface area (Å²) in [6, 6.07) is 0. The van der Waals surface area contributed by atoms with Crippen molar-refractivity contribution in [1.82, 2.24) is 5.48 Å². The number of aliphatic hydroxyl groups is 1. The predicted octanol–water partition coefficient (Wildman–Crippen LogP) is 8.55. The van der Waals surface area contributed by atoms with Crippen molar-refractivity contribution in [1.29, 1.82) is 0 Å². The van der Waals surface area contributed by atoms with Gasteiger partial charge in [-0.15, -0.1) is 0 Å². The highest BCUT2D eigenvalue weighted by molar-refractivity contribution is 5.09. The van der Waals surface area contributed by atoms with E-state index in [1.54, 1.807) is 0 Å². The van der Waals surface area contributed by atoms with Gasteiger partial charge in [-0.3, -0.25) is 4.84 Å². The molecule has 4 fully saturated rings. The fourth-order valence-corrected chi connectivity index (χ4v) is 9.02. The van der Waals surface area contributed by atoms with Crippen molar-refractivity contribution in [2.75, 3.05) is 7.05 Å². The molecule has 3 nitrogen and oxygen atoms in total. The van der Waals surface area contributed by atoms with E-state index in [-0.39, 0.29) is 0 Å². The minimum Gasteiger partial charge on any atom is -0.390 e. The van der Waals surface area contributed by atoms with Gasteiger partial charge >= 0.3 is 0 Å². The second-order valence-corrected chi connectivity index (χ2v) is 12.8. The highest BCUT2D eigenvalue weighted by atomic mass is 16.7. The van der Waals surface area contributed by atoms with E-state index in [9.17, 15) is 5.11 Å². The lowest BCUT2D eigenvalue weighted by molar-refractivity contribution is -0.144. The maximum absolute atomic E-state index is 10.0. The molecular weight excluding hydrogens is 418 g/mol. The summed E-state index contributed by atoms with van der Waals surface area (Å²) in [5, 5.41) is 10.0. The lowest BCUT2D eigenvalue weighted by Crippen LogP contribution is -2.54. The average molecular weight is 480 g/mol. The third kappa shape index (κ3) is 6.41. The first-order chi connectivity index (χ1) is 16.2. The fraction of sp³-hybridized carbons (Fsp3) is 1.00. The molecule has 4 rings (SSSR count). The summed E-state index contributed by atoms with van der Waals surface area (Å²) in [7, 11) is 1.91. The van der Waals surface area contributed by atoms with Crippen molar-refractivity contribution in [3.8, 4) is 0 Å². The number of nitrogens with one attached hydrogen (secondary N) is 1. The molecule has 0 radical (unpaired) electrons. The Morgan fingerprint density at radius 1 is 0.853 bits per heavy atom. The molecule has 0 amide bonds. The van der Waals surface area contributed by atoms with Crippen molar-refractivity contribution >= 4 is 0 Å². The van der Waals surface area contributed by atoms with Gasteiger partial charge in [0.25, 0.3) is 0 Å². The maximum Gasteiger partial charge on any atom is 0.0793 e. The Kier molecular flexibility index (Phi) is 11.4. The topological polar surface area (TPSA) is 41.5 Å². The van der Waals surface area contributed by atoms with E-state index in [1.807, 2.05) is 48.6 Å². The first kappa shape index (κ1) is 30.1. The molecule has 3 heteroatoms. The molecule has 0 saturated heterocycles. The van der Waals surface area contributed by atoms with Crippen LogP contribution in [-0.2, 0) is 4.84 Å². The Bertz CT molecular complexity index is 586. The normalized spacial score (nSPS) is 41.1. The van der Waals surface area contributed by atoms with Gasteiger partial charge in [0.05, 0.1) is 11.7 Å². The summed E-state index contributed by atoms with van der Waals surface area (Å²) < 4.78 is 0. The molecule has 34 heavy (non-hydrogen) atoms. The van der Waals surface area contributed by atoms with Crippen LogP contribution in [0.4, 0.5) is 0 Å². The molecule has 0 bridgehead atoms. The molecule has 4 aliphatic carbocycles. The fourth-order valence-electron chi connectivity index (χ4n) is 9.02. The van der Waals surface area contributed by atoms with Crippen LogP contribution in [0.3, 0.4) is 0 Å². The molecule has 0 aromatic carbocycles. The van der Waals surface area contributed by atoms with Crippen molar-refractivity contribution in [3.05, 3.63) is 0 Å². The molecule has 4 aliphatic rings. The molecule has 2 N–H and O–H groups in total. The summed E-state index contributed by atoms with van der Waals surface area (Å²) in [5.41, 5.74) is 3.61. The summed E-state index contributed by atoms with van der Waals surface area (Å²) >= 11 is 0. The average Bonchev–Trinajstić information content (AvgIpc) is 3.15. The largest absolute Gasteiger partial charge is 0.390 e. The molecule has 0 aromatic rings. The minimum absolute atomic E-state index is 0.429. The number of unbranched alkanes of at least 4 members (excludes halogenated alkanes) is 1. The number of hydrogen-bond acceptors (Lipinski definition) is 3. The zero-order valence-corrected chi connectivity index (χ0v) is 24.5. The van der Waals surface area contributed by atoms with E-state index in [1.165, 1.54) is 77.0 Å². The zero-order valence-electron chi connectivity index (χ0n) is 24.5. The molecule has 202 valence electrons. The van der Waals surface area contributed by atoms with Crippen LogP contribution in [0.1, 0.15) is 139 Å². The van der Waals surface area contributed by atoms with Gasteiger partial charge in [-0.25, -0.2) is 5.48 Å². The van der Waals surface area contributed by atoms with Gasteiger partial charge in [-0.2, -0.15) is 0 Å². The van der Waals surface area contributed by atoms with Crippen LogP contribution < -0.4 is 5.48 Å². The Morgan fingerprint density at radius 3 is 2.15 bits per heavy atom. The molecule has 0 aliphatic heterocycles. The third-order valence-corrected chi connectivity index (χ3v) is 10.7. The molecular formula is C31H61NO2. The lowest BCUT2D eigenvalue weighted by Gasteiger charge is -2.61. The predicted molar refractivity (Wildman–Crippen MR) is 147 cm³/mol. The Morgan fingerprint density at radius 2 is 1.50 bits per heavy atom. The maximum atomic E-state index is 10.0. The van der Waals surface area contributed by atoms with Crippen molar-refractivity contribution in [2.24, 2.45) is 40.4 Å². The monoisotopic (exact) mass is 479 g/mol. The number of rotatable bonds is 7. The van der Waals surface area contributed by atoms with E-state index in [4.69, 9.17) is 4.84 Å². The Hall–Kier alpha value is -0.120. The number of fused-ring (bicyclic) bond motifs is 5. The second kappa shape index (κ2) is 12.9. The van der Waals surface area contributed by atoms with Crippen molar-refractivity contribution in [2.45, 2.75) is 151 Å². The van der Waals surface area contributed by atoms with Gasteiger partial charge in [0.15, 0.2) is 0 Å². The molecule has 8 unspecified atom stereocenters. The van der Waals surface area contributed by atoms with Gasteiger partial charge in [0, 0.05) is 7.05 Å². The molecule has 0 aromatic heterocycles. The van der Waals surface area contributed by atoms with E-state index in [0.29, 0.717) is 16.9 Å². The molecule has 0 spiro atoms. The van der Waals surface area contributed by atoms with E-state index in [2.05, 4.69) is 19.3 Å². The van der Waals surface area contributed by atoms with E-state index < -0.39 is 5.60 Å². The van der Waals surface area contributed by atoms with Crippen molar-refractivity contribution < 1.29 is 9.94 Å². The van der Waals surface area contributed by atoms with Crippen LogP contribution in [-0.4, -0.2) is 23.9 Å². The van der Waals surface area contributed by atoms with Gasteiger partial charge in [0.2, 0.25) is 0 Å². The minimum atomic E-state index is -0.495. The molecule has 0 heterocycles. The second-order valence-electron chi connectivity index (χ2n) is 12.8. The van der Waals surface area contributed by atoms with Crippen LogP contribution in [0.25, 0.3) is 0 Å². The van der Waals surface area contributed by atoms with Gasteiger partial charge in [-0.05, 0) is 125 Å². The SMILES string of the molecule is CC.CC.CNOC1CCC2(C)C(CCC3C4CCC(CCCCC(C)(C)O)C4(C)CCC32)C1. The summed E-state index contributed by atoms with van der Waals surface area (Å²) in [4.78, 5) is 5.81. The van der Waals surface area contributed by atoms with Gasteiger partial charge < -0.3 is 5.11 Å². The summed E-state index contributed by atoms with van der Waals surface area (Å²) in [6.45, 7) is 17.2. The van der Waals surface area contributed by atoms with Crippen LogP contribution in [0, 0.1) is 40.4 Å². The standard InChI is InChI=1S/C27H49NO2.2C2H6/c1-25(2,29)15-7-6-8-19-10-12-23-22-11-9-20-18-21(30-28-5)13-16-27(20,4)24(22)14-17-26(19,23)3;2*1-2/h19-24,28-29H,6-18H2,1-5H3;2*1-2H3. The lowest BCUT2D eigenvalue weighted by atomic mass is 9.44. The first-order valence-electron chi connectivity index (χ1n) is 15.2. The van der Waals surface area contributed by atoms with E-state index >= 15 is 0 Å². The number of hydrogen-bond donors (Lipinski definition) is 2. The van der Waals surface area contributed by atoms with Crippen LogP contribution >= 0.6 is 0 Å². The zero-order chi connectivity index (χ0) is 25.6. The summed E-state index contributed by atoms with van der Waals surface area (Å²) in [5.74, 6) is 4.70. The quantitative estimate of drug-likeness (QED) is 0.284. The van der Waals surface area contributed by atoms with Gasteiger partial charge in [-0.1, -0.05) is 54.4 Å². The highest BCUT2D eigenvalue weighted by Crippen LogP contribution is 2.68. The smallest absolute Gasteiger partial charge is 0.0793 e. The third-order valence-electron chi connectivity index (χ3n) is 10.7. The van der Waals surface area contributed by atoms with Gasteiger partial charge in [0.1, 0.15) is 0 Å². The van der Waals surface area contributed by atoms with E-state index in [0.717, 1.165) is 36.0 Å². The summed E-state index contributed by atoms with van der Waals surface area (Å²) in [6.07, 6.45) is 17.9. The van der Waals surface area contributed by atoms with Crippen LogP contribution in [0.15, 0.2) is 0 Å². The highest BCUT2D eigenvalue weighted by Gasteiger charge is 2.59. The first-order valence-corrected chi connectivity index (χ1v) is 15.2. The van der Waals surface area contributed by atoms with Crippen LogP contribution in [0.2, 0.25) is 0 Å².